The SMILES string of the molecule is COc1cc2c(Oc3ccc(NC(=O)c4cccn(-c5ccc(F)cc5)c4=O)cc3F)ccnc2cc1OCC1CCNCC1. The molecule has 9 nitrogen and oxygen atoms in total. The molecule has 230 valence electrons. The number of benzene rings is 3. The van der Waals surface area contributed by atoms with Crippen LogP contribution in [-0.4, -0.2) is 42.3 Å². The van der Waals surface area contributed by atoms with Gasteiger partial charge in [0.05, 0.1) is 19.2 Å². The first kappa shape index (κ1) is 29.8. The van der Waals surface area contributed by atoms with Crippen LogP contribution in [0.3, 0.4) is 0 Å². The van der Waals surface area contributed by atoms with Crippen molar-refractivity contribution in [3.8, 4) is 28.7 Å². The number of piperidine rings is 1. The van der Waals surface area contributed by atoms with E-state index in [0.717, 1.165) is 32.0 Å². The molecule has 0 unspecified atom stereocenters. The summed E-state index contributed by atoms with van der Waals surface area (Å²) in [6, 6.07) is 17.3. The van der Waals surface area contributed by atoms with Gasteiger partial charge in [0.2, 0.25) is 0 Å². The van der Waals surface area contributed by atoms with Crippen molar-refractivity contribution >= 4 is 22.5 Å². The molecule has 0 bridgehead atoms. The molecule has 1 amide bonds. The molecule has 2 aromatic heterocycles. The van der Waals surface area contributed by atoms with E-state index >= 15 is 4.39 Å². The minimum absolute atomic E-state index is 0.0796. The Labute approximate surface area is 257 Å². The van der Waals surface area contributed by atoms with Crippen molar-refractivity contribution < 1.29 is 27.8 Å². The maximum absolute atomic E-state index is 15.2. The van der Waals surface area contributed by atoms with Crippen LogP contribution in [0.2, 0.25) is 0 Å². The van der Waals surface area contributed by atoms with Gasteiger partial charge in [-0.2, -0.15) is 0 Å². The fraction of sp³-hybridized carbons (Fsp3) is 0.206. The van der Waals surface area contributed by atoms with Crippen LogP contribution in [0, 0.1) is 17.6 Å². The molecular weight excluding hydrogens is 582 g/mol. The summed E-state index contributed by atoms with van der Waals surface area (Å²) in [6.45, 7) is 2.52. The molecule has 0 radical (unpaired) electrons. The maximum atomic E-state index is 15.2. The van der Waals surface area contributed by atoms with E-state index < -0.39 is 23.1 Å². The summed E-state index contributed by atoms with van der Waals surface area (Å²) in [4.78, 5) is 30.4. The number of carbonyl (C=O) groups is 1. The first-order chi connectivity index (χ1) is 21.9. The van der Waals surface area contributed by atoms with Gasteiger partial charge < -0.3 is 24.8 Å². The second-order valence-electron chi connectivity index (χ2n) is 10.6. The monoisotopic (exact) mass is 612 g/mol. The number of anilines is 1. The summed E-state index contributed by atoms with van der Waals surface area (Å²) in [5.74, 6) is -0.103. The zero-order valence-electron chi connectivity index (χ0n) is 24.4. The van der Waals surface area contributed by atoms with Gasteiger partial charge in [-0.1, -0.05) is 0 Å². The van der Waals surface area contributed by atoms with Crippen LogP contribution in [0.4, 0.5) is 14.5 Å². The van der Waals surface area contributed by atoms with Crippen LogP contribution >= 0.6 is 0 Å². The van der Waals surface area contributed by atoms with Crippen molar-refractivity contribution in [3.63, 3.8) is 0 Å². The Morgan fingerprint density at radius 1 is 0.978 bits per heavy atom. The van der Waals surface area contributed by atoms with Crippen LogP contribution in [-0.2, 0) is 0 Å². The van der Waals surface area contributed by atoms with Gasteiger partial charge in [-0.15, -0.1) is 0 Å². The minimum Gasteiger partial charge on any atom is -0.493 e. The van der Waals surface area contributed by atoms with Crippen molar-refractivity contribution in [1.82, 2.24) is 14.9 Å². The number of amides is 1. The number of hydrogen-bond donors (Lipinski definition) is 2. The molecule has 0 saturated carbocycles. The van der Waals surface area contributed by atoms with Gasteiger partial charge in [0, 0.05) is 41.3 Å². The zero-order valence-corrected chi connectivity index (χ0v) is 24.4. The number of halogens is 2. The summed E-state index contributed by atoms with van der Waals surface area (Å²) < 4.78 is 47.4. The van der Waals surface area contributed by atoms with E-state index in [4.69, 9.17) is 14.2 Å². The average Bonchev–Trinajstić information content (AvgIpc) is 3.05. The summed E-state index contributed by atoms with van der Waals surface area (Å²) in [5, 5.41) is 6.50. The third kappa shape index (κ3) is 6.63. The summed E-state index contributed by atoms with van der Waals surface area (Å²) in [5.41, 5.74) is 0.330. The highest BCUT2D eigenvalue weighted by Crippen LogP contribution is 2.38. The number of fused-ring (bicyclic) bond motifs is 1. The van der Waals surface area contributed by atoms with Crippen LogP contribution < -0.4 is 30.4 Å². The number of carbonyl (C=O) groups excluding carboxylic acids is 1. The molecule has 3 heterocycles. The lowest BCUT2D eigenvalue weighted by atomic mass is 9.99. The number of pyridine rings is 2. The first-order valence-electron chi connectivity index (χ1n) is 14.5. The predicted molar refractivity (Wildman–Crippen MR) is 166 cm³/mol. The van der Waals surface area contributed by atoms with Crippen LogP contribution in [0.1, 0.15) is 23.2 Å². The molecule has 6 rings (SSSR count). The molecule has 0 atom stereocenters. The minimum atomic E-state index is -0.733. The third-order valence-corrected chi connectivity index (χ3v) is 7.63. The second-order valence-corrected chi connectivity index (χ2v) is 10.6. The van der Waals surface area contributed by atoms with Gasteiger partial charge in [-0.05, 0) is 92.5 Å². The standard InChI is InChI=1S/C34H30F2N4O5/c1-43-31-18-26-28(19-32(31)44-20-21-10-13-37-14-11-21)38-15-12-29(26)45-30-9-6-23(17-27(30)36)39-33(41)25-3-2-16-40(34(25)42)24-7-4-22(35)5-8-24/h2-9,12,15-19,21,37H,10-11,13-14,20H2,1H3,(H,39,41). The van der Waals surface area contributed by atoms with Gasteiger partial charge in [0.1, 0.15) is 17.1 Å². The maximum Gasteiger partial charge on any atom is 0.267 e. The van der Waals surface area contributed by atoms with E-state index in [1.807, 2.05) is 0 Å². The van der Waals surface area contributed by atoms with Crippen molar-refractivity contribution in [1.29, 1.82) is 0 Å². The number of methoxy groups -OCH3 is 1. The highest BCUT2D eigenvalue weighted by molar-refractivity contribution is 6.04. The molecule has 45 heavy (non-hydrogen) atoms. The molecule has 1 saturated heterocycles. The lowest BCUT2D eigenvalue weighted by molar-refractivity contribution is 0.102. The topological polar surface area (TPSA) is 104 Å². The van der Waals surface area contributed by atoms with E-state index in [0.29, 0.717) is 46.4 Å². The van der Waals surface area contributed by atoms with Crippen molar-refractivity contribution in [2.24, 2.45) is 5.92 Å². The smallest absolute Gasteiger partial charge is 0.267 e. The fourth-order valence-corrected chi connectivity index (χ4v) is 5.20. The summed E-state index contributed by atoms with van der Waals surface area (Å²) >= 11 is 0. The van der Waals surface area contributed by atoms with Gasteiger partial charge in [0.25, 0.3) is 11.5 Å². The van der Waals surface area contributed by atoms with Crippen molar-refractivity contribution in [2.75, 3.05) is 32.1 Å². The third-order valence-electron chi connectivity index (χ3n) is 7.63. The molecule has 1 fully saturated rings. The Bertz CT molecular complexity index is 1910. The van der Waals surface area contributed by atoms with Crippen LogP contribution in [0.5, 0.6) is 23.0 Å². The van der Waals surface area contributed by atoms with Gasteiger partial charge >= 0.3 is 0 Å². The lowest BCUT2D eigenvalue weighted by Gasteiger charge is -2.23. The Morgan fingerprint density at radius 3 is 2.53 bits per heavy atom. The number of aromatic nitrogens is 2. The van der Waals surface area contributed by atoms with E-state index in [9.17, 15) is 14.0 Å². The zero-order chi connectivity index (χ0) is 31.3. The number of nitrogens with one attached hydrogen (secondary N) is 2. The Hall–Kier alpha value is -5.29. The summed E-state index contributed by atoms with van der Waals surface area (Å²) in [7, 11) is 1.55. The number of rotatable bonds is 9. The highest BCUT2D eigenvalue weighted by atomic mass is 19.1. The highest BCUT2D eigenvalue weighted by Gasteiger charge is 2.18. The average molecular weight is 613 g/mol. The van der Waals surface area contributed by atoms with Crippen LogP contribution in [0.15, 0.2) is 90.0 Å². The molecule has 5 aromatic rings. The van der Waals surface area contributed by atoms with E-state index in [1.165, 1.54) is 59.3 Å². The van der Waals surface area contributed by atoms with Gasteiger partial charge in [-0.25, -0.2) is 8.78 Å². The molecule has 0 spiro atoms. The summed E-state index contributed by atoms with van der Waals surface area (Å²) in [6.07, 6.45) is 5.12. The normalized spacial score (nSPS) is 13.4. The van der Waals surface area contributed by atoms with Crippen LogP contribution in [0.25, 0.3) is 16.6 Å². The first-order valence-corrected chi connectivity index (χ1v) is 14.5. The van der Waals surface area contributed by atoms with E-state index in [-0.39, 0.29) is 17.0 Å². The fourth-order valence-electron chi connectivity index (χ4n) is 5.20. The van der Waals surface area contributed by atoms with Crippen molar-refractivity contribution in [3.05, 3.63) is 113 Å². The van der Waals surface area contributed by atoms with E-state index in [1.54, 1.807) is 31.5 Å². The molecule has 1 aliphatic rings. The predicted octanol–water partition coefficient (Wildman–Crippen LogP) is 6.10. The molecule has 0 aliphatic carbocycles. The molecule has 1 aliphatic heterocycles. The van der Waals surface area contributed by atoms with Crippen molar-refractivity contribution in [2.45, 2.75) is 12.8 Å². The number of nitrogens with zero attached hydrogens (tertiary/aromatic N) is 2. The molecule has 2 N–H and O–H groups in total. The Balaban J connectivity index is 1.19. The molecular formula is C34H30F2N4O5. The lowest BCUT2D eigenvalue weighted by Crippen LogP contribution is -2.30. The largest absolute Gasteiger partial charge is 0.493 e. The quantitative estimate of drug-likeness (QED) is 0.208. The Morgan fingerprint density at radius 2 is 1.78 bits per heavy atom. The van der Waals surface area contributed by atoms with E-state index in [2.05, 4.69) is 15.6 Å². The Kier molecular flexibility index (Phi) is 8.70. The number of ether oxygens (including phenoxy) is 3. The molecule has 3 aromatic carbocycles. The van der Waals surface area contributed by atoms with Gasteiger partial charge in [0.15, 0.2) is 23.1 Å². The van der Waals surface area contributed by atoms with Gasteiger partial charge in [-0.3, -0.25) is 19.1 Å². The number of hydrogen-bond acceptors (Lipinski definition) is 7. The molecule has 11 heteroatoms. The second kappa shape index (κ2) is 13.1.